The van der Waals surface area contributed by atoms with Crippen LogP contribution in [0.2, 0.25) is 0 Å². The molecule has 0 heterocycles. The molecule has 0 radical (unpaired) electrons. The highest BCUT2D eigenvalue weighted by atomic mass is 19.2. The van der Waals surface area contributed by atoms with Crippen LogP contribution in [0.25, 0.3) is 11.1 Å². The number of unbranched alkanes of at least 4 members (excludes halogenated alkanes) is 4. The van der Waals surface area contributed by atoms with E-state index in [-0.39, 0.29) is 5.92 Å². The topological polar surface area (TPSA) is 0 Å². The fourth-order valence-electron chi connectivity index (χ4n) is 5.56. The summed E-state index contributed by atoms with van der Waals surface area (Å²) in [5, 5.41) is 0. The van der Waals surface area contributed by atoms with Crippen molar-refractivity contribution in [3.63, 3.8) is 0 Å². The molecule has 1 aliphatic carbocycles. The second kappa shape index (κ2) is 12.5. The molecule has 1 atom stereocenters. The average Bonchev–Trinajstić information content (AvgIpc) is 2.81. The summed E-state index contributed by atoms with van der Waals surface area (Å²) in [6, 6.07) is 11.6. The minimum absolute atomic E-state index is 0.0659. The minimum Gasteiger partial charge on any atom is -0.203 e. The first-order valence-electron chi connectivity index (χ1n) is 13.1. The first-order valence-corrected chi connectivity index (χ1v) is 13.1. The Morgan fingerprint density at radius 3 is 2.12 bits per heavy atom. The normalized spacial score (nSPS) is 19.8. The van der Waals surface area contributed by atoms with Crippen molar-refractivity contribution in [2.45, 2.75) is 104 Å². The van der Waals surface area contributed by atoms with E-state index in [9.17, 15) is 0 Å². The van der Waals surface area contributed by atoms with Gasteiger partial charge in [-0.05, 0) is 60.1 Å². The standard InChI is InChI=1S/C30H42F2/c1-4-6-7-8-9-11-24-14-18-26(19-15-24)28-21-20-27(29(31)30(28)32)22(3)25-16-12-23(10-5-2)13-17-25/h14-15,18-23,25H,4-13,16-17H2,1-3H3. The molecule has 0 amide bonds. The third kappa shape index (κ3) is 6.42. The van der Waals surface area contributed by atoms with E-state index in [4.69, 9.17) is 0 Å². The molecule has 32 heavy (non-hydrogen) atoms. The van der Waals surface area contributed by atoms with Gasteiger partial charge >= 0.3 is 0 Å². The largest absolute Gasteiger partial charge is 0.203 e. The van der Waals surface area contributed by atoms with E-state index in [1.807, 2.05) is 18.2 Å². The zero-order chi connectivity index (χ0) is 22.9. The van der Waals surface area contributed by atoms with Gasteiger partial charge in [0.15, 0.2) is 11.6 Å². The number of hydrogen-bond donors (Lipinski definition) is 0. The molecule has 1 aliphatic rings. The first kappa shape index (κ1) is 24.9. The molecule has 1 fully saturated rings. The Balaban J connectivity index is 1.64. The Kier molecular flexibility index (Phi) is 9.75. The van der Waals surface area contributed by atoms with Gasteiger partial charge in [0.25, 0.3) is 0 Å². The average molecular weight is 441 g/mol. The van der Waals surface area contributed by atoms with Crippen LogP contribution in [0, 0.1) is 23.5 Å². The molecule has 3 rings (SSSR count). The fraction of sp³-hybridized carbons (Fsp3) is 0.600. The van der Waals surface area contributed by atoms with Crippen LogP contribution >= 0.6 is 0 Å². The number of benzene rings is 2. The molecule has 0 aliphatic heterocycles. The Morgan fingerprint density at radius 1 is 0.781 bits per heavy atom. The van der Waals surface area contributed by atoms with Crippen LogP contribution in [0.15, 0.2) is 36.4 Å². The Hall–Kier alpha value is -1.70. The molecule has 0 aromatic heterocycles. The van der Waals surface area contributed by atoms with Crippen molar-refractivity contribution in [3.05, 3.63) is 59.2 Å². The summed E-state index contributed by atoms with van der Waals surface area (Å²) >= 11 is 0. The summed E-state index contributed by atoms with van der Waals surface area (Å²) < 4.78 is 30.2. The summed E-state index contributed by atoms with van der Waals surface area (Å²) in [4.78, 5) is 0. The van der Waals surface area contributed by atoms with Gasteiger partial charge in [-0.1, -0.05) is 109 Å². The van der Waals surface area contributed by atoms with Crippen molar-refractivity contribution in [1.82, 2.24) is 0 Å². The summed E-state index contributed by atoms with van der Waals surface area (Å²) in [5.41, 5.74) is 2.96. The molecular formula is C30H42F2. The zero-order valence-electron chi connectivity index (χ0n) is 20.4. The highest BCUT2D eigenvalue weighted by Gasteiger charge is 2.28. The van der Waals surface area contributed by atoms with E-state index in [0.717, 1.165) is 30.7 Å². The number of hydrogen-bond acceptors (Lipinski definition) is 0. The lowest BCUT2D eigenvalue weighted by Gasteiger charge is -2.32. The summed E-state index contributed by atoms with van der Waals surface area (Å²) in [6.07, 6.45) is 14.6. The monoisotopic (exact) mass is 440 g/mol. The molecule has 1 saturated carbocycles. The predicted molar refractivity (Wildman–Crippen MR) is 133 cm³/mol. The minimum atomic E-state index is -0.693. The molecule has 0 nitrogen and oxygen atoms in total. The van der Waals surface area contributed by atoms with Crippen LogP contribution in [0.5, 0.6) is 0 Å². The van der Waals surface area contributed by atoms with Crippen LogP contribution in [0.4, 0.5) is 8.78 Å². The van der Waals surface area contributed by atoms with Gasteiger partial charge in [0.05, 0.1) is 0 Å². The van der Waals surface area contributed by atoms with E-state index >= 15 is 8.78 Å². The van der Waals surface area contributed by atoms with Crippen LogP contribution in [0.3, 0.4) is 0 Å². The van der Waals surface area contributed by atoms with E-state index in [2.05, 4.69) is 32.9 Å². The number of rotatable bonds is 11. The van der Waals surface area contributed by atoms with Crippen molar-refractivity contribution in [2.24, 2.45) is 11.8 Å². The first-order chi connectivity index (χ1) is 15.5. The van der Waals surface area contributed by atoms with Gasteiger partial charge < -0.3 is 0 Å². The van der Waals surface area contributed by atoms with Crippen molar-refractivity contribution in [2.75, 3.05) is 0 Å². The van der Waals surface area contributed by atoms with Crippen molar-refractivity contribution >= 4 is 0 Å². The van der Waals surface area contributed by atoms with Gasteiger partial charge in [0, 0.05) is 5.56 Å². The Labute approximate surface area is 194 Å². The smallest absolute Gasteiger partial charge is 0.166 e. The van der Waals surface area contributed by atoms with E-state index in [0.29, 0.717) is 17.0 Å². The van der Waals surface area contributed by atoms with Crippen LogP contribution in [-0.2, 0) is 6.42 Å². The second-order valence-corrected chi connectivity index (χ2v) is 10.0. The molecule has 0 spiro atoms. The summed E-state index contributed by atoms with van der Waals surface area (Å²) in [5.74, 6) is 0.00872. The molecule has 0 saturated heterocycles. The molecule has 0 N–H and O–H groups in total. The number of aryl methyl sites for hydroxylation is 1. The third-order valence-corrected chi connectivity index (χ3v) is 7.73. The quantitative estimate of drug-likeness (QED) is 0.305. The molecular weight excluding hydrogens is 398 g/mol. The van der Waals surface area contributed by atoms with Gasteiger partial charge in [-0.15, -0.1) is 0 Å². The van der Waals surface area contributed by atoms with Gasteiger partial charge in [0.1, 0.15) is 0 Å². The second-order valence-electron chi connectivity index (χ2n) is 10.0. The highest BCUT2D eigenvalue weighted by molar-refractivity contribution is 5.65. The SMILES string of the molecule is CCCCCCCc1ccc(-c2ccc(C(C)C3CCC(CCC)CC3)c(F)c2F)cc1. The summed E-state index contributed by atoms with van der Waals surface area (Å²) in [7, 11) is 0. The Morgan fingerprint density at radius 2 is 1.47 bits per heavy atom. The maximum Gasteiger partial charge on any atom is 0.166 e. The lowest BCUT2D eigenvalue weighted by Crippen LogP contribution is -2.20. The Bertz CT molecular complexity index is 815. The maximum atomic E-state index is 15.1. The van der Waals surface area contributed by atoms with Crippen LogP contribution in [-0.4, -0.2) is 0 Å². The molecule has 2 aromatic rings. The van der Waals surface area contributed by atoms with Gasteiger partial charge in [0.2, 0.25) is 0 Å². The lowest BCUT2D eigenvalue weighted by molar-refractivity contribution is 0.236. The van der Waals surface area contributed by atoms with Crippen LogP contribution < -0.4 is 0 Å². The van der Waals surface area contributed by atoms with Crippen molar-refractivity contribution in [1.29, 1.82) is 0 Å². The highest BCUT2D eigenvalue weighted by Crippen LogP contribution is 2.41. The van der Waals surface area contributed by atoms with E-state index in [1.165, 1.54) is 63.4 Å². The van der Waals surface area contributed by atoms with E-state index in [1.54, 1.807) is 6.07 Å². The molecule has 176 valence electrons. The lowest BCUT2D eigenvalue weighted by atomic mass is 9.73. The predicted octanol–water partition coefficient (Wildman–Crippen LogP) is 9.85. The molecule has 2 heteroatoms. The summed E-state index contributed by atoms with van der Waals surface area (Å²) in [6.45, 7) is 6.56. The molecule has 2 aromatic carbocycles. The van der Waals surface area contributed by atoms with Gasteiger partial charge in [-0.3, -0.25) is 0 Å². The maximum absolute atomic E-state index is 15.1. The van der Waals surface area contributed by atoms with Crippen molar-refractivity contribution < 1.29 is 8.78 Å². The van der Waals surface area contributed by atoms with Crippen LogP contribution in [0.1, 0.15) is 108 Å². The van der Waals surface area contributed by atoms with Gasteiger partial charge in [-0.25, -0.2) is 8.78 Å². The molecule has 1 unspecified atom stereocenters. The molecule has 0 bridgehead atoms. The third-order valence-electron chi connectivity index (χ3n) is 7.73. The zero-order valence-corrected chi connectivity index (χ0v) is 20.4. The van der Waals surface area contributed by atoms with E-state index < -0.39 is 11.6 Å². The van der Waals surface area contributed by atoms with Crippen molar-refractivity contribution in [3.8, 4) is 11.1 Å². The van der Waals surface area contributed by atoms with Gasteiger partial charge in [-0.2, -0.15) is 0 Å². The number of halogens is 2. The fourth-order valence-corrected chi connectivity index (χ4v) is 5.56.